The standard InChI is InChI=1S/C51H55NO6S/c1-3-30-55-51-48(59-42-26-22-36-16-8-9-17-38(36)31-42)34-46(52-56-4-2)44-32-39(18-10-12-28-53)43(19-11-13-29-54)49(50(44)51)45-33-41(25-27-47(45)58-51)57-40-23-20-37(21-24-40)35-14-6-5-7-15-35/h3,5-9,14-17,20-27,31-33,39,43,48-50,53-54H,1,4,10-13,18-19,28-30,34H2,2H3. The van der Waals surface area contributed by atoms with Gasteiger partial charge in [-0.15, -0.1) is 18.3 Å². The number of hydrogen-bond donors (Lipinski definition) is 2. The summed E-state index contributed by atoms with van der Waals surface area (Å²) in [6.07, 6.45) is 9.94. The Hall–Kier alpha value is -4.86. The van der Waals surface area contributed by atoms with Crippen LogP contribution in [0.4, 0.5) is 0 Å². The van der Waals surface area contributed by atoms with Crippen LogP contribution in [0.25, 0.3) is 21.9 Å². The third kappa shape index (κ3) is 8.73. The van der Waals surface area contributed by atoms with Crippen molar-refractivity contribution in [1.29, 1.82) is 0 Å². The van der Waals surface area contributed by atoms with Crippen LogP contribution < -0.4 is 9.47 Å². The van der Waals surface area contributed by atoms with Crippen molar-refractivity contribution in [2.24, 2.45) is 22.9 Å². The monoisotopic (exact) mass is 809 g/mol. The van der Waals surface area contributed by atoms with Gasteiger partial charge in [-0.25, -0.2) is 0 Å². The summed E-state index contributed by atoms with van der Waals surface area (Å²) in [5, 5.41) is 26.9. The zero-order valence-electron chi connectivity index (χ0n) is 33.9. The van der Waals surface area contributed by atoms with E-state index in [1.807, 2.05) is 37.3 Å². The molecule has 1 heterocycles. The predicted molar refractivity (Wildman–Crippen MR) is 238 cm³/mol. The molecule has 6 unspecified atom stereocenters. The van der Waals surface area contributed by atoms with Crippen LogP contribution >= 0.6 is 11.8 Å². The summed E-state index contributed by atoms with van der Waals surface area (Å²) in [6.45, 7) is 7.14. The van der Waals surface area contributed by atoms with Crippen molar-refractivity contribution in [2.75, 3.05) is 26.4 Å². The molecule has 3 aliphatic rings. The van der Waals surface area contributed by atoms with Crippen LogP contribution in [-0.2, 0) is 9.57 Å². The van der Waals surface area contributed by atoms with E-state index in [4.69, 9.17) is 24.2 Å². The Bertz CT molecular complexity index is 2260. The topological polar surface area (TPSA) is 89.7 Å². The number of fused-ring (bicyclic) bond motifs is 3. The first-order valence-corrected chi connectivity index (χ1v) is 22.1. The molecule has 6 atom stereocenters. The lowest BCUT2D eigenvalue weighted by molar-refractivity contribution is -0.223. The zero-order valence-corrected chi connectivity index (χ0v) is 34.7. The van der Waals surface area contributed by atoms with Gasteiger partial charge in [-0.1, -0.05) is 103 Å². The molecular weight excluding hydrogens is 755 g/mol. The van der Waals surface area contributed by atoms with Gasteiger partial charge in [0.2, 0.25) is 5.79 Å². The average molecular weight is 810 g/mol. The molecule has 1 aliphatic heterocycles. The Morgan fingerprint density at radius 3 is 2.31 bits per heavy atom. The fraction of sp³-hybridized carbons (Fsp3) is 0.353. The second-order valence-corrected chi connectivity index (χ2v) is 17.1. The number of oxime groups is 1. The molecule has 0 radical (unpaired) electrons. The molecule has 0 aromatic heterocycles. The van der Waals surface area contributed by atoms with Crippen molar-refractivity contribution in [3.8, 4) is 28.4 Å². The average Bonchev–Trinajstić information content (AvgIpc) is 3.27. The summed E-state index contributed by atoms with van der Waals surface area (Å²) in [7, 11) is 0. The van der Waals surface area contributed by atoms with Crippen molar-refractivity contribution in [3.63, 3.8) is 0 Å². The number of thioether (sulfide) groups is 1. The molecule has 306 valence electrons. The van der Waals surface area contributed by atoms with Gasteiger partial charge in [0.1, 0.15) is 23.9 Å². The fourth-order valence-electron chi connectivity index (χ4n) is 9.52. The number of allylic oxidation sites excluding steroid dienone is 1. The van der Waals surface area contributed by atoms with E-state index in [9.17, 15) is 10.2 Å². The van der Waals surface area contributed by atoms with Gasteiger partial charge in [-0.2, -0.15) is 0 Å². The highest BCUT2D eigenvalue weighted by atomic mass is 32.2. The molecule has 0 bridgehead atoms. The Labute approximate surface area is 352 Å². The van der Waals surface area contributed by atoms with Gasteiger partial charge in [0.15, 0.2) is 0 Å². The molecule has 5 aromatic carbocycles. The van der Waals surface area contributed by atoms with Crippen molar-refractivity contribution in [1.82, 2.24) is 0 Å². The molecule has 1 fully saturated rings. The third-order valence-electron chi connectivity index (χ3n) is 12.1. The SMILES string of the molecule is C=CCOC12Oc3ccc(Oc4ccc(-c5ccccc5)cc4)cc3C3C(CCCCO)C(CCCCO)C=C(C(=NOCC)CC1Sc1ccc4ccccc4c1)C32. The second-order valence-electron chi connectivity index (χ2n) is 15.8. The molecule has 2 N–H and O–H groups in total. The lowest BCUT2D eigenvalue weighted by atomic mass is 9.56. The number of aliphatic hydroxyl groups excluding tert-OH is 2. The Balaban J connectivity index is 1.26. The van der Waals surface area contributed by atoms with Gasteiger partial charge in [-0.05, 0) is 114 Å². The van der Waals surface area contributed by atoms with E-state index >= 15 is 0 Å². The zero-order chi connectivity index (χ0) is 40.6. The molecule has 0 amide bonds. The van der Waals surface area contributed by atoms with Gasteiger partial charge < -0.3 is 29.3 Å². The quantitative estimate of drug-likeness (QED) is 0.0517. The van der Waals surface area contributed by atoms with Crippen molar-refractivity contribution < 1.29 is 29.3 Å². The van der Waals surface area contributed by atoms with Crippen LogP contribution in [0.15, 0.2) is 150 Å². The number of aliphatic hydroxyl groups is 2. The molecule has 1 saturated carbocycles. The summed E-state index contributed by atoms with van der Waals surface area (Å²) in [5.74, 6) is 1.35. The minimum Gasteiger partial charge on any atom is -0.460 e. The summed E-state index contributed by atoms with van der Waals surface area (Å²) in [6, 6.07) is 39.9. The normalized spacial score (nSPS) is 23.8. The maximum atomic E-state index is 9.97. The molecule has 7 nitrogen and oxygen atoms in total. The molecule has 8 heteroatoms. The number of benzene rings is 5. The first kappa shape index (κ1) is 40.9. The highest BCUT2D eigenvalue weighted by Crippen LogP contribution is 2.63. The summed E-state index contributed by atoms with van der Waals surface area (Å²) >= 11 is 1.78. The molecule has 0 saturated heterocycles. The maximum Gasteiger partial charge on any atom is 0.231 e. The first-order valence-electron chi connectivity index (χ1n) is 21.2. The first-order chi connectivity index (χ1) is 29.0. The number of rotatable bonds is 18. The van der Waals surface area contributed by atoms with E-state index in [-0.39, 0.29) is 42.1 Å². The predicted octanol–water partition coefficient (Wildman–Crippen LogP) is 11.7. The third-order valence-corrected chi connectivity index (χ3v) is 13.4. The highest BCUT2D eigenvalue weighted by molar-refractivity contribution is 8.00. The molecular formula is C51H55NO6S. The van der Waals surface area contributed by atoms with Crippen LogP contribution in [0.5, 0.6) is 17.2 Å². The summed E-state index contributed by atoms with van der Waals surface area (Å²) in [4.78, 5) is 7.03. The number of hydrogen-bond acceptors (Lipinski definition) is 8. The van der Waals surface area contributed by atoms with Crippen LogP contribution in [0.2, 0.25) is 0 Å². The van der Waals surface area contributed by atoms with E-state index in [2.05, 4.69) is 104 Å². The van der Waals surface area contributed by atoms with Gasteiger partial charge in [0, 0.05) is 36.0 Å². The van der Waals surface area contributed by atoms with Gasteiger partial charge in [-0.3, -0.25) is 0 Å². The van der Waals surface area contributed by atoms with E-state index < -0.39 is 5.79 Å². The van der Waals surface area contributed by atoms with E-state index in [0.717, 1.165) is 88.6 Å². The summed E-state index contributed by atoms with van der Waals surface area (Å²) in [5.41, 5.74) is 5.42. The van der Waals surface area contributed by atoms with Crippen molar-refractivity contribution in [2.45, 2.75) is 73.7 Å². The Morgan fingerprint density at radius 1 is 0.814 bits per heavy atom. The van der Waals surface area contributed by atoms with Crippen molar-refractivity contribution >= 4 is 28.2 Å². The Kier molecular flexibility index (Phi) is 13.2. The number of ether oxygens (including phenoxy) is 3. The molecule has 5 aromatic rings. The number of unbranched alkanes of at least 4 members (excludes halogenated alkanes) is 2. The highest BCUT2D eigenvalue weighted by Gasteiger charge is 2.64. The minimum absolute atomic E-state index is 0.0304. The molecule has 0 spiro atoms. The second kappa shape index (κ2) is 19.0. The van der Waals surface area contributed by atoms with E-state index in [1.54, 1.807) is 11.8 Å². The fourth-order valence-corrected chi connectivity index (χ4v) is 10.9. The van der Waals surface area contributed by atoms with Crippen LogP contribution in [-0.4, -0.2) is 53.4 Å². The molecule has 2 aliphatic carbocycles. The lowest BCUT2D eigenvalue weighted by Gasteiger charge is -2.58. The van der Waals surface area contributed by atoms with Crippen LogP contribution in [0, 0.1) is 17.8 Å². The largest absolute Gasteiger partial charge is 0.460 e. The molecule has 8 rings (SSSR count). The van der Waals surface area contributed by atoms with Gasteiger partial charge in [0.25, 0.3) is 0 Å². The maximum absolute atomic E-state index is 9.97. The van der Waals surface area contributed by atoms with Crippen LogP contribution in [0.3, 0.4) is 0 Å². The van der Waals surface area contributed by atoms with E-state index in [0.29, 0.717) is 19.6 Å². The summed E-state index contributed by atoms with van der Waals surface area (Å²) < 4.78 is 21.2. The Morgan fingerprint density at radius 2 is 1.54 bits per heavy atom. The van der Waals surface area contributed by atoms with Gasteiger partial charge >= 0.3 is 0 Å². The van der Waals surface area contributed by atoms with Crippen LogP contribution in [0.1, 0.15) is 63.4 Å². The van der Waals surface area contributed by atoms with E-state index in [1.165, 1.54) is 10.8 Å². The van der Waals surface area contributed by atoms with Crippen molar-refractivity contribution in [3.05, 3.63) is 145 Å². The number of nitrogens with zero attached hydrogens (tertiary/aromatic N) is 1. The van der Waals surface area contributed by atoms with Gasteiger partial charge in [0.05, 0.1) is 23.5 Å². The lowest BCUT2D eigenvalue weighted by Crippen LogP contribution is -2.64. The molecule has 59 heavy (non-hydrogen) atoms. The minimum atomic E-state index is -1.07. The smallest absolute Gasteiger partial charge is 0.231 e.